The van der Waals surface area contributed by atoms with E-state index in [0.717, 1.165) is 11.1 Å². The van der Waals surface area contributed by atoms with Gasteiger partial charge in [-0.15, -0.1) is 0 Å². The summed E-state index contributed by atoms with van der Waals surface area (Å²) in [5.74, 6) is -0.873. The molecule has 7 heteroatoms. The number of nitrogens with zero attached hydrogens (tertiary/aromatic N) is 4. The summed E-state index contributed by atoms with van der Waals surface area (Å²) in [5.41, 5.74) is 1.56. The van der Waals surface area contributed by atoms with Gasteiger partial charge in [0.15, 0.2) is 5.65 Å². The quantitative estimate of drug-likeness (QED) is 0.588. The first-order valence-corrected chi connectivity index (χ1v) is 7.18. The van der Waals surface area contributed by atoms with Gasteiger partial charge in [-0.3, -0.25) is 4.79 Å². The van der Waals surface area contributed by atoms with Gasteiger partial charge in [0.25, 0.3) is 0 Å². The number of hydrogen-bond donors (Lipinski definition) is 1. The Morgan fingerprint density at radius 3 is 2.76 bits per heavy atom. The van der Waals surface area contributed by atoms with Gasteiger partial charge in [-0.25, -0.2) is 14.6 Å². The number of fused-ring (bicyclic) bond motifs is 1. The first-order valence-electron chi connectivity index (χ1n) is 6.30. The van der Waals surface area contributed by atoms with Gasteiger partial charge in [-0.05, 0) is 19.1 Å². The lowest BCUT2D eigenvalue weighted by Gasteiger charge is -2.06. The highest BCUT2D eigenvalue weighted by atomic mass is 32.2. The molecule has 0 saturated heterocycles. The first-order chi connectivity index (χ1) is 10.2. The molecular weight excluding hydrogens is 288 g/mol. The van der Waals surface area contributed by atoms with E-state index in [9.17, 15) is 4.79 Å². The van der Waals surface area contributed by atoms with Crippen molar-refractivity contribution in [3.8, 4) is 5.69 Å². The van der Waals surface area contributed by atoms with Crippen molar-refractivity contribution in [2.75, 3.05) is 0 Å². The van der Waals surface area contributed by atoms with Crippen LogP contribution in [0, 0.1) is 0 Å². The first kappa shape index (κ1) is 13.6. The highest BCUT2D eigenvalue weighted by molar-refractivity contribution is 8.00. The Kier molecular flexibility index (Phi) is 3.57. The molecule has 0 fully saturated rings. The minimum Gasteiger partial charge on any atom is -0.480 e. The molecule has 0 spiro atoms. The molecule has 1 unspecified atom stereocenters. The predicted molar refractivity (Wildman–Crippen MR) is 79.6 cm³/mol. The molecule has 1 atom stereocenters. The van der Waals surface area contributed by atoms with Gasteiger partial charge in [0.2, 0.25) is 0 Å². The molecule has 2 heterocycles. The number of thioether (sulfide) groups is 1. The lowest BCUT2D eigenvalue weighted by atomic mass is 10.3. The fourth-order valence-electron chi connectivity index (χ4n) is 1.89. The summed E-state index contributed by atoms with van der Waals surface area (Å²) >= 11 is 1.19. The third-order valence-corrected chi connectivity index (χ3v) is 4.07. The van der Waals surface area contributed by atoms with Gasteiger partial charge < -0.3 is 5.11 Å². The van der Waals surface area contributed by atoms with Crippen LogP contribution in [0.4, 0.5) is 0 Å². The minimum atomic E-state index is -0.873. The van der Waals surface area contributed by atoms with Crippen LogP contribution in [0.3, 0.4) is 0 Å². The molecular formula is C14H12N4O2S. The van der Waals surface area contributed by atoms with Gasteiger partial charge in [-0.2, -0.15) is 5.10 Å². The van der Waals surface area contributed by atoms with Crippen LogP contribution in [0.15, 0.2) is 47.9 Å². The van der Waals surface area contributed by atoms with Crippen molar-refractivity contribution in [3.63, 3.8) is 0 Å². The van der Waals surface area contributed by atoms with Crippen molar-refractivity contribution in [2.24, 2.45) is 0 Å². The number of carbonyl (C=O) groups is 1. The van der Waals surface area contributed by atoms with Crippen LogP contribution in [0.1, 0.15) is 6.92 Å². The summed E-state index contributed by atoms with van der Waals surface area (Å²) in [6.45, 7) is 1.63. The highest BCUT2D eigenvalue weighted by Gasteiger charge is 2.17. The number of rotatable bonds is 4. The van der Waals surface area contributed by atoms with E-state index in [-0.39, 0.29) is 0 Å². The molecule has 2 aromatic heterocycles. The molecule has 0 amide bonds. The predicted octanol–water partition coefficient (Wildman–Crippen LogP) is 2.38. The number of carboxylic acid groups (broad SMARTS) is 1. The molecule has 0 saturated carbocycles. The lowest BCUT2D eigenvalue weighted by molar-refractivity contribution is -0.136. The van der Waals surface area contributed by atoms with E-state index in [1.54, 1.807) is 17.8 Å². The van der Waals surface area contributed by atoms with Crippen LogP contribution < -0.4 is 0 Å². The second kappa shape index (κ2) is 5.53. The van der Waals surface area contributed by atoms with E-state index in [4.69, 9.17) is 5.11 Å². The molecule has 0 bridgehead atoms. The van der Waals surface area contributed by atoms with Crippen LogP contribution in [0.25, 0.3) is 16.7 Å². The number of carboxylic acids is 1. The molecule has 0 aliphatic heterocycles. The van der Waals surface area contributed by atoms with E-state index in [0.29, 0.717) is 10.7 Å². The fourth-order valence-corrected chi connectivity index (χ4v) is 2.71. The number of hydrogen-bond acceptors (Lipinski definition) is 5. The monoisotopic (exact) mass is 300 g/mol. The zero-order chi connectivity index (χ0) is 14.8. The summed E-state index contributed by atoms with van der Waals surface area (Å²) in [7, 11) is 0. The van der Waals surface area contributed by atoms with E-state index in [1.165, 1.54) is 18.1 Å². The van der Waals surface area contributed by atoms with Crippen LogP contribution in [0.5, 0.6) is 0 Å². The second-order valence-corrected chi connectivity index (χ2v) is 5.74. The number of aromatic nitrogens is 4. The van der Waals surface area contributed by atoms with Gasteiger partial charge in [0.05, 0.1) is 17.3 Å². The Hall–Kier alpha value is -2.41. The number of aliphatic carboxylic acids is 1. The minimum absolute atomic E-state index is 0.580. The summed E-state index contributed by atoms with van der Waals surface area (Å²) < 4.78 is 1.71. The largest absolute Gasteiger partial charge is 0.480 e. The topological polar surface area (TPSA) is 80.9 Å². The van der Waals surface area contributed by atoms with Gasteiger partial charge >= 0.3 is 5.97 Å². The molecule has 0 aliphatic rings. The van der Waals surface area contributed by atoms with Crippen molar-refractivity contribution in [2.45, 2.75) is 17.2 Å². The molecule has 106 valence electrons. The van der Waals surface area contributed by atoms with Gasteiger partial charge in [-0.1, -0.05) is 30.0 Å². The summed E-state index contributed by atoms with van der Waals surface area (Å²) in [6.07, 6.45) is 3.10. The third kappa shape index (κ3) is 2.59. The van der Waals surface area contributed by atoms with E-state index in [2.05, 4.69) is 15.1 Å². The molecule has 0 aliphatic carbocycles. The van der Waals surface area contributed by atoms with E-state index < -0.39 is 11.2 Å². The molecule has 21 heavy (non-hydrogen) atoms. The highest BCUT2D eigenvalue weighted by Crippen LogP contribution is 2.28. The Balaban J connectivity index is 2.06. The Labute approximate surface area is 124 Å². The average Bonchev–Trinajstić information content (AvgIpc) is 2.93. The molecule has 1 N–H and O–H groups in total. The lowest BCUT2D eigenvalue weighted by Crippen LogP contribution is -2.11. The van der Waals surface area contributed by atoms with Crippen LogP contribution in [-0.4, -0.2) is 36.1 Å². The van der Waals surface area contributed by atoms with Crippen LogP contribution in [0.2, 0.25) is 0 Å². The standard InChI is InChI=1S/C14H12N4O2S/c1-9(14(19)20)21-13-11-7-17-18(12(11)15-8-16-13)10-5-3-2-4-6-10/h2-9H,1H3,(H,19,20). The zero-order valence-electron chi connectivity index (χ0n) is 11.2. The SMILES string of the molecule is CC(Sc1ncnc2c1cnn2-c1ccccc1)C(=O)O. The Bertz CT molecular complexity index is 788. The Morgan fingerprint density at radius 1 is 1.29 bits per heavy atom. The third-order valence-electron chi connectivity index (χ3n) is 2.97. The molecule has 3 rings (SSSR count). The maximum atomic E-state index is 11.0. The van der Waals surface area contributed by atoms with E-state index >= 15 is 0 Å². The van der Waals surface area contributed by atoms with Crippen molar-refractivity contribution in [1.82, 2.24) is 19.7 Å². The average molecular weight is 300 g/mol. The number of benzene rings is 1. The number of para-hydroxylation sites is 1. The summed E-state index contributed by atoms with van der Waals surface area (Å²) in [5, 5.41) is 14.1. The van der Waals surface area contributed by atoms with Crippen LogP contribution in [-0.2, 0) is 4.79 Å². The Morgan fingerprint density at radius 2 is 2.05 bits per heavy atom. The normalized spacial score (nSPS) is 12.4. The second-order valence-electron chi connectivity index (χ2n) is 4.41. The van der Waals surface area contributed by atoms with E-state index in [1.807, 2.05) is 30.3 Å². The fraction of sp³-hybridized carbons (Fsp3) is 0.143. The van der Waals surface area contributed by atoms with Crippen molar-refractivity contribution in [3.05, 3.63) is 42.9 Å². The maximum absolute atomic E-state index is 11.0. The summed E-state index contributed by atoms with van der Waals surface area (Å²) in [6, 6.07) is 9.64. The van der Waals surface area contributed by atoms with Crippen molar-refractivity contribution < 1.29 is 9.90 Å². The van der Waals surface area contributed by atoms with Gasteiger partial charge in [0, 0.05) is 0 Å². The maximum Gasteiger partial charge on any atom is 0.316 e. The summed E-state index contributed by atoms with van der Waals surface area (Å²) in [4.78, 5) is 19.4. The van der Waals surface area contributed by atoms with Crippen molar-refractivity contribution >= 4 is 28.8 Å². The van der Waals surface area contributed by atoms with Gasteiger partial charge in [0.1, 0.15) is 16.6 Å². The molecule has 6 nitrogen and oxygen atoms in total. The molecule has 0 radical (unpaired) electrons. The molecule has 3 aromatic rings. The van der Waals surface area contributed by atoms with Crippen LogP contribution >= 0.6 is 11.8 Å². The van der Waals surface area contributed by atoms with Crippen molar-refractivity contribution in [1.29, 1.82) is 0 Å². The zero-order valence-corrected chi connectivity index (χ0v) is 12.0. The smallest absolute Gasteiger partial charge is 0.316 e. The molecule has 1 aromatic carbocycles.